The maximum atomic E-state index is 11.2. The minimum absolute atomic E-state index is 0.0891. The molecule has 3 rings (SSSR count). The van der Waals surface area contributed by atoms with E-state index < -0.39 is 0 Å². The average molecular weight is 386 g/mol. The first-order valence-electron chi connectivity index (χ1n) is 8.93. The van der Waals surface area contributed by atoms with Crippen LogP contribution in [0, 0.1) is 0 Å². The van der Waals surface area contributed by atoms with Gasteiger partial charge in [0.15, 0.2) is 5.96 Å². The number of nitrogens with one attached hydrogen (secondary N) is 1. The SMILES string of the molecule is CC(=O)Nc1cccc(CN=C(N)N2CCN(c3ccc(Cl)cc3)CC2)c1. The smallest absolute Gasteiger partial charge is 0.221 e. The summed E-state index contributed by atoms with van der Waals surface area (Å²) in [5, 5.41) is 3.52. The summed E-state index contributed by atoms with van der Waals surface area (Å²) >= 11 is 5.96. The van der Waals surface area contributed by atoms with Crippen LogP contribution < -0.4 is 16.0 Å². The first-order chi connectivity index (χ1) is 13.0. The topological polar surface area (TPSA) is 74.0 Å². The van der Waals surface area contributed by atoms with E-state index >= 15 is 0 Å². The van der Waals surface area contributed by atoms with Crippen LogP contribution in [0.5, 0.6) is 0 Å². The van der Waals surface area contributed by atoms with Gasteiger partial charge in [-0.1, -0.05) is 23.7 Å². The van der Waals surface area contributed by atoms with Crippen molar-refractivity contribution in [3.63, 3.8) is 0 Å². The number of aliphatic imine (C=N–C) groups is 1. The molecule has 0 bridgehead atoms. The zero-order valence-electron chi connectivity index (χ0n) is 15.4. The fourth-order valence-electron chi connectivity index (χ4n) is 3.07. The van der Waals surface area contributed by atoms with E-state index in [0.29, 0.717) is 12.5 Å². The van der Waals surface area contributed by atoms with Crippen LogP contribution in [0.3, 0.4) is 0 Å². The molecule has 1 aliphatic heterocycles. The molecular formula is C20H24ClN5O. The third-order valence-corrected chi connectivity index (χ3v) is 4.72. The van der Waals surface area contributed by atoms with Gasteiger partial charge in [-0.05, 0) is 42.0 Å². The maximum Gasteiger partial charge on any atom is 0.221 e. The van der Waals surface area contributed by atoms with Crippen LogP contribution in [0.1, 0.15) is 12.5 Å². The van der Waals surface area contributed by atoms with E-state index in [1.807, 2.05) is 48.5 Å². The van der Waals surface area contributed by atoms with Gasteiger partial charge in [0.2, 0.25) is 5.91 Å². The summed E-state index contributed by atoms with van der Waals surface area (Å²) in [5.41, 5.74) is 9.13. The minimum Gasteiger partial charge on any atom is -0.370 e. The van der Waals surface area contributed by atoms with E-state index in [0.717, 1.165) is 42.5 Å². The van der Waals surface area contributed by atoms with E-state index in [4.69, 9.17) is 17.3 Å². The number of halogens is 1. The largest absolute Gasteiger partial charge is 0.370 e. The van der Waals surface area contributed by atoms with Gasteiger partial charge in [-0.15, -0.1) is 0 Å². The molecule has 0 aromatic heterocycles. The fraction of sp³-hybridized carbons (Fsp3) is 0.300. The Morgan fingerprint density at radius 3 is 2.52 bits per heavy atom. The van der Waals surface area contributed by atoms with Gasteiger partial charge in [0.25, 0.3) is 0 Å². The van der Waals surface area contributed by atoms with Crippen molar-refractivity contribution in [2.24, 2.45) is 10.7 Å². The molecule has 2 aromatic carbocycles. The summed E-state index contributed by atoms with van der Waals surface area (Å²) < 4.78 is 0. The molecule has 1 aliphatic rings. The molecule has 6 nitrogen and oxygen atoms in total. The third-order valence-electron chi connectivity index (χ3n) is 4.47. The predicted octanol–water partition coefficient (Wildman–Crippen LogP) is 2.94. The van der Waals surface area contributed by atoms with Crippen LogP contribution in [0.4, 0.5) is 11.4 Å². The molecule has 0 saturated carbocycles. The fourth-order valence-corrected chi connectivity index (χ4v) is 3.19. The number of amides is 1. The molecule has 7 heteroatoms. The van der Waals surface area contributed by atoms with Crippen LogP contribution in [0.15, 0.2) is 53.5 Å². The molecule has 1 saturated heterocycles. The standard InChI is InChI=1S/C20H24ClN5O/c1-15(27)24-18-4-2-3-16(13-18)14-23-20(22)26-11-9-25(10-12-26)19-7-5-17(21)6-8-19/h2-8,13H,9-12,14H2,1H3,(H2,22,23)(H,24,27). The lowest BCUT2D eigenvalue weighted by atomic mass is 10.2. The van der Waals surface area contributed by atoms with Crippen molar-refractivity contribution in [1.82, 2.24) is 4.90 Å². The highest BCUT2D eigenvalue weighted by atomic mass is 35.5. The Morgan fingerprint density at radius 1 is 1.15 bits per heavy atom. The molecule has 1 heterocycles. The van der Waals surface area contributed by atoms with Gasteiger partial charge in [0.1, 0.15) is 0 Å². The molecule has 2 aromatic rings. The summed E-state index contributed by atoms with van der Waals surface area (Å²) in [6.45, 7) is 5.39. The van der Waals surface area contributed by atoms with Crippen molar-refractivity contribution < 1.29 is 4.79 Å². The highest BCUT2D eigenvalue weighted by Crippen LogP contribution is 2.19. The van der Waals surface area contributed by atoms with Gasteiger partial charge in [0, 0.05) is 49.5 Å². The molecule has 1 fully saturated rings. The Kier molecular flexibility index (Phi) is 6.19. The molecule has 3 N–H and O–H groups in total. The number of carbonyl (C=O) groups excluding carboxylic acids is 1. The zero-order chi connectivity index (χ0) is 19.2. The first-order valence-corrected chi connectivity index (χ1v) is 9.31. The number of guanidine groups is 1. The van der Waals surface area contributed by atoms with Gasteiger partial charge >= 0.3 is 0 Å². The van der Waals surface area contributed by atoms with Gasteiger partial charge in [-0.3, -0.25) is 4.79 Å². The average Bonchev–Trinajstić information content (AvgIpc) is 2.67. The molecule has 1 amide bonds. The van der Waals surface area contributed by atoms with Crippen LogP contribution in [-0.4, -0.2) is 42.9 Å². The Hall–Kier alpha value is -2.73. The molecule has 0 spiro atoms. The van der Waals surface area contributed by atoms with Gasteiger partial charge in [0.05, 0.1) is 6.54 Å². The zero-order valence-corrected chi connectivity index (χ0v) is 16.1. The highest BCUT2D eigenvalue weighted by molar-refractivity contribution is 6.30. The second-order valence-corrected chi connectivity index (χ2v) is 6.94. The van der Waals surface area contributed by atoms with Gasteiger partial charge in [-0.25, -0.2) is 4.99 Å². The highest BCUT2D eigenvalue weighted by Gasteiger charge is 2.18. The van der Waals surface area contributed by atoms with Crippen molar-refractivity contribution in [2.45, 2.75) is 13.5 Å². The van der Waals surface area contributed by atoms with Crippen molar-refractivity contribution in [2.75, 3.05) is 36.4 Å². The Morgan fingerprint density at radius 2 is 1.85 bits per heavy atom. The van der Waals surface area contributed by atoms with Gasteiger partial charge in [-0.2, -0.15) is 0 Å². The lowest BCUT2D eigenvalue weighted by Crippen LogP contribution is -2.51. The predicted molar refractivity (Wildman–Crippen MR) is 111 cm³/mol. The van der Waals surface area contributed by atoms with Crippen molar-refractivity contribution >= 4 is 34.8 Å². The van der Waals surface area contributed by atoms with E-state index in [1.165, 1.54) is 12.6 Å². The summed E-state index contributed by atoms with van der Waals surface area (Å²) in [7, 11) is 0. The maximum absolute atomic E-state index is 11.2. The third kappa shape index (κ3) is 5.37. The quantitative estimate of drug-likeness (QED) is 0.626. The van der Waals surface area contributed by atoms with Crippen LogP contribution in [-0.2, 0) is 11.3 Å². The summed E-state index contributed by atoms with van der Waals surface area (Å²) in [4.78, 5) is 20.1. The second kappa shape index (κ2) is 8.77. The molecule has 0 radical (unpaired) electrons. The number of nitrogens with zero attached hydrogens (tertiary/aromatic N) is 3. The van der Waals surface area contributed by atoms with Crippen molar-refractivity contribution in [1.29, 1.82) is 0 Å². The number of hydrogen-bond acceptors (Lipinski definition) is 3. The number of benzene rings is 2. The van der Waals surface area contributed by atoms with E-state index in [2.05, 4.69) is 20.1 Å². The summed E-state index contributed by atoms with van der Waals surface area (Å²) in [5.74, 6) is 0.462. The lowest BCUT2D eigenvalue weighted by molar-refractivity contribution is -0.114. The Bertz CT molecular complexity index is 813. The van der Waals surface area contributed by atoms with Crippen LogP contribution >= 0.6 is 11.6 Å². The number of piperazine rings is 1. The molecule has 0 atom stereocenters. The van der Waals surface area contributed by atoms with Crippen molar-refractivity contribution in [3.8, 4) is 0 Å². The number of hydrogen-bond donors (Lipinski definition) is 2. The van der Waals surface area contributed by atoms with E-state index in [1.54, 1.807) is 0 Å². The van der Waals surface area contributed by atoms with Crippen molar-refractivity contribution in [3.05, 3.63) is 59.1 Å². The summed E-state index contributed by atoms with van der Waals surface area (Å²) in [6.07, 6.45) is 0. The molecule has 142 valence electrons. The van der Waals surface area contributed by atoms with Gasteiger partial charge < -0.3 is 20.9 Å². The normalized spacial score (nSPS) is 15.0. The number of rotatable bonds is 4. The number of anilines is 2. The number of nitrogens with two attached hydrogens (primary N) is 1. The van der Waals surface area contributed by atoms with Crippen LogP contribution in [0.2, 0.25) is 5.02 Å². The lowest BCUT2D eigenvalue weighted by Gasteiger charge is -2.36. The second-order valence-electron chi connectivity index (χ2n) is 6.51. The monoisotopic (exact) mass is 385 g/mol. The Balaban J connectivity index is 1.55. The molecule has 27 heavy (non-hydrogen) atoms. The molecule has 0 unspecified atom stereocenters. The molecule has 0 aliphatic carbocycles. The number of carbonyl (C=O) groups is 1. The molecular weight excluding hydrogens is 362 g/mol. The van der Waals surface area contributed by atoms with E-state index in [9.17, 15) is 4.79 Å². The Labute approximate surface area is 164 Å². The summed E-state index contributed by atoms with van der Waals surface area (Å²) in [6, 6.07) is 15.5. The van der Waals surface area contributed by atoms with Crippen LogP contribution in [0.25, 0.3) is 0 Å². The van der Waals surface area contributed by atoms with E-state index in [-0.39, 0.29) is 5.91 Å². The minimum atomic E-state index is -0.0891. The first kappa shape index (κ1) is 19.0.